The van der Waals surface area contributed by atoms with Gasteiger partial charge in [-0.05, 0) is 18.4 Å². The molecule has 21 heavy (non-hydrogen) atoms. The zero-order valence-electron chi connectivity index (χ0n) is 12.0. The van der Waals surface area contributed by atoms with Gasteiger partial charge in [-0.3, -0.25) is 9.88 Å². The van der Waals surface area contributed by atoms with Crippen molar-refractivity contribution in [2.45, 2.75) is 31.8 Å². The monoisotopic (exact) mass is 281 g/mol. The Kier molecular flexibility index (Phi) is 3.31. The molecule has 0 N–H and O–H groups in total. The molecule has 0 bridgehead atoms. The summed E-state index contributed by atoms with van der Waals surface area (Å²) in [4.78, 5) is 11.6. The van der Waals surface area contributed by atoms with Crippen LogP contribution < -0.4 is 4.74 Å². The van der Waals surface area contributed by atoms with Gasteiger partial charge in [0.25, 0.3) is 0 Å². The van der Waals surface area contributed by atoms with Gasteiger partial charge >= 0.3 is 0 Å². The van der Waals surface area contributed by atoms with E-state index in [1.54, 1.807) is 0 Å². The lowest BCUT2D eigenvalue weighted by Crippen LogP contribution is -2.25. The highest BCUT2D eigenvalue weighted by atomic mass is 16.5. The minimum Gasteiger partial charge on any atom is -0.475 e. The van der Waals surface area contributed by atoms with Crippen molar-refractivity contribution in [2.75, 3.05) is 13.2 Å². The highest BCUT2D eigenvalue weighted by Crippen LogP contribution is 2.39. The third-order valence-corrected chi connectivity index (χ3v) is 4.09. The van der Waals surface area contributed by atoms with Crippen LogP contribution in [0.4, 0.5) is 0 Å². The van der Waals surface area contributed by atoms with Crippen molar-refractivity contribution in [3.05, 3.63) is 53.5 Å². The summed E-state index contributed by atoms with van der Waals surface area (Å²) in [5.74, 6) is 1.37. The molecule has 0 radical (unpaired) electrons. The van der Waals surface area contributed by atoms with Gasteiger partial charge in [0.1, 0.15) is 12.3 Å². The van der Waals surface area contributed by atoms with E-state index in [-0.39, 0.29) is 0 Å². The van der Waals surface area contributed by atoms with Gasteiger partial charge in [0.2, 0.25) is 5.88 Å². The van der Waals surface area contributed by atoms with Crippen molar-refractivity contribution in [3.63, 3.8) is 0 Å². The zero-order valence-corrected chi connectivity index (χ0v) is 12.0. The van der Waals surface area contributed by atoms with E-state index in [2.05, 4.69) is 45.2 Å². The Morgan fingerprint density at radius 3 is 2.86 bits per heavy atom. The molecule has 1 saturated carbocycles. The van der Waals surface area contributed by atoms with Crippen LogP contribution in [0.5, 0.6) is 5.88 Å². The molecule has 2 heterocycles. The first-order chi connectivity index (χ1) is 10.4. The summed E-state index contributed by atoms with van der Waals surface area (Å²) in [5, 5.41) is 0. The number of hydrogen-bond acceptors (Lipinski definition) is 4. The maximum Gasteiger partial charge on any atom is 0.237 e. The Balaban J connectivity index is 1.52. The SMILES string of the molecule is c1ccc(CN2CCOc3nc(C4CC4)cnc3C2)cc1. The number of rotatable bonds is 3. The predicted octanol–water partition coefficient (Wildman–Crippen LogP) is 2.75. The fourth-order valence-corrected chi connectivity index (χ4v) is 2.75. The van der Waals surface area contributed by atoms with Crippen LogP contribution in [0.25, 0.3) is 0 Å². The molecule has 0 unspecified atom stereocenters. The first kappa shape index (κ1) is 12.8. The lowest BCUT2D eigenvalue weighted by Gasteiger charge is -2.18. The van der Waals surface area contributed by atoms with E-state index in [1.807, 2.05) is 6.20 Å². The standard InChI is InChI=1S/C17H19N3O/c1-2-4-13(5-3-1)11-20-8-9-21-17-16(12-20)18-10-15(19-17)14-6-7-14/h1-5,10,14H,6-9,11-12H2. The van der Waals surface area contributed by atoms with Gasteiger partial charge in [-0.25, -0.2) is 4.98 Å². The summed E-state index contributed by atoms with van der Waals surface area (Å²) < 4.78 is 5.82. The second kappa shape index (κ2) is 5.45. The molecule has 1 aromatic heterocycles. The maximum atomic E-state index is 5.82. The second-order valence-corrected chi connectivity index (χ2v) is 5.87. The molecule has 4 heteroatoms. The van der Waals surface area contributed by atoms with Gasteiger partial charge in [0.05, 0.1) is 5.69 Å². The van der Waals surface area contributed by atoms with E-state index >= 15 is 0 Å². The summed E-state index contributed by atoms with van der Waals surface area (Å²) in [6.45, 7) is 3.33. The molecule has 1 fully saturated rings. The Morgan fingerprint density at radius 1 is 1.19 bits per heavy atom. The lowest BCUT2D eigenvalue weighted by molar-refractivity contribution is 0.217. The Hall–Kier alpha value is -1.94. The first-order valence-electron chi connectivity index (χ1n) is 7.63. The van der Waals surface area contributed by atoms with Gasteiger partial charge in [0.15, 0.2) is 0 Å². The fourth-order valence-electron chi connectivity index (χ4n) is 2.75. The van der Waals surface area contributed by atoms with Crippen LogP contribution in [0.2, 0.25) is 0 Å². The van der Waals surface area contributed by atoms with E-state index < -0.39 is 0 Å². The lowest BCUT2D eigenvalue weighted by atomic mass is 10.2. The van der Waals surface area contributed by atoms with Crippen molar-refractivity contribution in [1.82, 2.24) is 14.9 Å². The van der Waals surface area contributed by atoms with Crippen LogP contribution in [-0.2, 0) is 13.1 Å². The number of fused-ring (bicyclic) bond motifs is 1. The van der Waals surface area contributed by atoms with E-state index in [9.17, 15) is 0 Å². The maximum absolute atomic E-state index is 5.82. The van der Waals surface area contributed by atoms with Gasteiger partial charge < -0.3 is 4.74 Å². The third kappa shape index (κ3) is 2.90. The van der Waals surface area contributed by atoms with Crippen molar-refractivity contribution in [1.29, 1.82) is 0 Å². The molecule has 108 valence electrons. The van der Waals surface area contributed by atoms with Crippen LogP contribution >= 0.6 is 0 Å². The molecule has 1 aliphatic carbocycles. The molecule has 1 aromatic carbocycles. The molecule has 0 saturated heterocycles. The normalized spacial score (nSPS) is 18.7. The molecule has 0 amide bonds. The highest BCUT2D eigenvalue weighted by Gasteiger charge is 2.27. The topological polar surface area (TPSA) is 38.2 Å². The van der Waals surface area contributed by atoms with Crippen molar-refractivity contribution in [2.24, 2.45) is 0 Å². The Bertz CT molecular complexity index is 625. The number of aromatic nitrogens is 2. The van der Waals surface area contributed by atoms with Gasteiger partial charge in [0, 0.05) is 31.7 Å². The van der Waals surface area contributed by atoms with Crippen LogP contribution in [0.1, 0.15) is 35.7 Å². The molecular formula is C17H19N3O. The summed E-state index contributed by atoms with van der Waals surface area (Å²) >= 11 is 0. The summed E-state index contributed by atoms with van der Waals surface area (Å²) in [5.41, 5.74) is 3.39. The fraction of sp³-hybridized carbons (Fsp3) is 0.412. The number of nitrogens with zero attached hydrogens (tertiary/aromatic N) is 3. The van der Waals surface area contributed by atoms with Crippen molar-refractivity contribution >= 4 is 0 Å². The average Bonchev–Trinajstić information content (AvgIpc) is 3.34. The van der Waals surface area contributed by atoms with E-state index in [0.717, 1.165) is 36.9 Å². The van der Waals surface area contributed by atoms with Crippen molar-refractivity contribution < 1.29 is 4.74 Å². The highest BCUT2D eigenvalue weighted by molar-refractivity contribution is 5.24. The Morgan fingerprint density at radius 2 is 2.05 bits per heavy atom. The molecule has 4 rings (SSSR count). The van der Waals surface area contributed by atoms with Gasteiger partial charge in [-0.1, -0.05) is 30.3 Å². The largest absolute Gasteiger partial charge is 0.475 e. The molecule has 0 spiro atoms. The molecule has 0 atom stereocenters. The van der Waals surface area contributed by atoms with Crippen LogP contribution in [0, 0.1) is 0 Å². The molecule has 1 aliphatic heterocycles. The second-order valence-electron chi connectivity index (χ2n) is 5.87. The average molecular weight is 281 g/mol. The number of ether oxygens (including phenoxy) is 1. The first-order valence-corrected chi connectivity index (χ1v) is 7.63. The van der Waals surface area contributed by atoms with E-state index in [0.29, 0.717) is 12.5 Å². The molecule has 4 nitrogen and oxygen atoms in total. The molecule has 2 aliphatic rings. The predicted molar refractivity (Wildman–Crippen MR) is 80.1 cm³/mol. The van der Waals surface area contributed by atoms with Gasteiger partial charge in [-0.2, -0.15) is 0 Å². The summed E-state index contributed by atoms with van der Waals surface area (Å²) in [7, 11) is 0. The Labute approximate surface area is 124 Å². The summed E-state index contributed by atoms with van der Waals surface area (Å²) in [6.07, 6.45) is 4.42. The van der Waals surface area contributed by atoms with Crippen LogP contribution in [0.3, 0.4) is 0 Å². The minimum atomic E-state index is 0.620. The smallest absolute Gasteiger partial charge is 0.237 e. The van der Waals surface area contributed by atoms with E-state index in [1.165, 1.54) is 18.4 Å². The summed E-state index contributed by atoms with van der Waals surface area (Å²) in [6, 6.07) is 10.5. The molecular weight excluding hydrogens is 262 g/mol. The molecule has 2 aromatic rings. The van der Waals surface area contributed by atoms with Crippen LogP contribution in [0.15, 0.2) is 36.5 Å². The van der Waals surface area contributed by atoms with Crippen molar-refractivity contribution in [3.8, 4) is 5.88 Å². The van der Waals surface area contributed by atoms with E-state index in [4.69, 9.17) is 4.74 Å². The van der Waals surface area contributed by atoms with Gasteiger partial charge in [-0.15, -0.1) is 0 Å². The quantitative estimate of drug-likeness (QED) is 0.867. The third-order valence-electron chi connectivity index (χ3n) is 4.09. The number of hydrogen-bond donors (Lipinski definition) is 0. The minimum absolute atomic E-state index is 0.620. The number of benzene rings is 1. The van der Waals surface area contributed by atoms with Crippen LogP contribution in [-0.4, -0.2) is 28.0 Å². The zero-order chi connectivity index (χ0) is 14.1.